The molecule has 0 aliphatic rings. The summed E-state index contributed by atoms with van der Waals surface area (Å²) >= 11 is 0. The number of carbonyl (C=O) groups is 2. The summed E-state index contributed by atoms with van der Waals surface area (Å²) in [4.78, 5) is 28.1. The molecule has 2 aromatic rings. The SMILES string of the molecule is CC[C@@H](C(=O)NC(C)(C)C)N(Cc1cccc(C)c1)C(=O)COc1ccccc1C(C)C. The van der Waals surface area contributed by atoms with Gasteiger partial charge >= 0.3 is 0 Å². The van der Waals surface area contributed by atoms with Crippen molar-refractivity contribution in [1.29, 1.82) is 0 Å². The van der Waals surface area contributed by atoms with Crippen molar-refractivity contribution in [1.82, 2.24) is 10.2 Å². The van der Waals surface area contributed by atoms with E-state index < -0.39 is 6.04 Å². The Morgan fingerprint density at radius 2 is 1.75 bits per heavy atom. The summed E-state index contributed by atoms with van der Waals surface area (Å²) in [7, 11) is 0. The molecule has 1 atom stereocenters. The van der Waals surface area contributed by atoms with Crippen LogP contribution in [0, 0.1) is 6.92 Å². The molecule has 32 heavy (non-hydrogen) atoms. The maximum atomic E-state index is 13.4. The van der Waals surface area contributed by atoms with Gasteiger partial charge in [0.2, 0.25) is 5.91 Å². The normalized spacial score (nSPS) is 12.4. The van der Waals surface area contributed by atoms with E-state index in [2.05, 4.69) is 19.2 Å². The number of aryl methyl sites for hydroxylation is 1. The molecular formula is C27H38N2O3. The molecule has 0 radical (unpaired) electrons. The lowest BCUT2D eigenvalue weighted by molar-refractivity contribution is -0.143. The van der Waals surface area contributed by atoms with Gasteiger partial charge < -0.3 is 15.0 Å². The highest BCUT2D eigenvalue weighted by Crippen LogP contribution is 2.26. The van der Waals surface area contributed by atoms with Crippen molar-refractivity contribution in [3.05, 3.63) is 65.2 Å². The maximum absolute atomic E-state index is 13.4. The lowest BCUT2D eigenvalue weighted by Gasteiger charge is -2.33. The Bertz CT molecular complexity index is 915. The first kappa shape index (κ1) is 25.4. The van der Waals surface area contributed by atoms with Crippen LogP contribution in [0.15, 0.2) is 48.5 Å². The largest absolute Gasteiger partial charge is 0.483 e. The third-order valence-electron chi connectivity index (χ3n) is 5.21. The number of para-hydroxylation sites is 1. The zero-order valence-corrected chi connectivity index (χ0v) is 20.6. The van der Waals surface area contributed by atoms with Gasteiger partial charge in [-0.25, -0.2) is 0 Å². The van der Waals surface area contributed by atoms with Crippen LogP contribution in [0.3, 0.4) is 0 Å². The van der Waals surface area contributed by atoms with E-state index in [4.69, 9.17) is 4.74 Å². The summed E-state index contributed by atoms with van der Waals surface area (Å²) in [6.07, 6.45) is 0.516. The van der Waals surface area contributed by atoms with Crippen molar-refractivity contribution in [2.24, 2.45) is 0 Å². The van der Waals surface area contributed by atoms with Gasteiger partial charge in [0.15, 0.2) is 6.61 Å². The Morgan fingerprint density at radius 3 is 2.34 bits per heavy atom. The Morgan fingerprint density at radius 1 is 1.06 bits per heavy atom. The molecule has 174 valence electrons. The van der Waals surface area contributed by atoms with Crippen LogP contribution in [-0.4, -0.2) is 34.9 Å². The van der Waals surface area contributed by atoms with E-state index in [0.717, 1.165) is 16.7 Å². The fraction of sp³-hybridized carbons (Fsp3) is 0.481. The first-order valence-electron chi connectivity index (χ1n) is 11.4. The zero-order valence-electron chi connectivity index (χ0n) is 20.6. The van der Waals surface area contributed by atoms with E-state index in [1.54, 1.807) is 4.90 Å². The lowest BCUT2D eigenvalue weighted by atomic mass is 10.0. The summed E-state index contributed by atoms with van der Waals surface area (Å²) in [5.41, 5.74) is 2.78. The van der Waals surface area contributed by atoms with Gasteiger partial charge in [0.1, 0.15) is 11.8 Å². The van der Waals surface area contributed by atoms with Crippen molar-refractivity contribution in [2.75, 3.05) is 6.61 Å². The van der Waals surface area contributed by atoms with Crippen LogP contribution in [0.5, 0.6) is 5.75 Å². The first-order valence-corrected chi connectivity index (χ1v) is 11.4. The predicted octanol–water partition coefficient (Wildman–Crippen LogP) is 5.22. The average Bonchev–Trinajstić information content (AvgIpc) is 2.70. The molecule has 0 spiro atoms. The summed E-state index contributed by atoms with van der Waals surface area (Å²) in [6, 6.07) is 15.2. The molecule has 0 heterocycles. The number of nitrogens with zero attached hydrogens (tertiary/aromatic N) is 1. The molecule has 2 rings (SSSR count). The van der Waals surface area contributed by atoms with E-state index >= 15 is 0 Å². The van der Waals surface area contributed by atoms with Gasteiger partial charge in [-0.05, 0) is 57.2 Å². The number of hydrogen-bond donors (Lipinski definition) is 1. The minimum atomic E-state index is -0.578. The molecule has 0 saturated carbocycles. The first-order chi connectivity index (χ1) is 15.0. The number of benzene rings is 2. The fourth-order valence-corrected chi connectivity index (χ4v) is 3.69. The van der Waals surface area contributed by atoms with Crippen molar-refractivity contribution in [2.45, 2.75) is 78.9 Å². The molecule has 2 amide bonds. The molecule has 0 aliphatic carbocycles. The van der Waals surface area contributed by atoms with Gasteiger partial charge in [0.05, 0.1) is 0 Å². The van der Waals surface area contributed by atoms with Gasteiger partial charge in [-0.1, -0.05) is 68.8 Å². The fourth-order valence-electron chi connectivity index (χ4n) is 3.69. The Labute approximate surface area is 193 Å². The molecule has 5 heteroatoms. The van der Waals surface area contributed by atoms with Gasteiger partial charge in [-0.2, -0.15) is 0 Å². The third-order valence-corrected chi connectivity index (χ3v) is 5.21. The molecule has 0 saturated heterocycles. The quantitative estimate of drug-likeness (QED) is 0.584. The average molecular weight is 439 g/mol. The highest BCUT2D eigenvalue weighted by atomic mass is 16.5. The summed E-state index contributed by atoms with van der Waals surface area (Å²) in [5.74, 6) is 0.633. The minimum Gasteiger partial charge on any atom is -0.483 e. The predicted molar refractivity (Wildman–Crippen MR) is 130 cm³/mol. The second-order valence-electron chi connectivity index (χ2n) is 9.66. The number of nitrogens with one attached hydrogen (secondary N) is 1. The van der Waals surface area contributed by atoms with Crippen LogP contribution in [0.4, 0.5) is 0 Å². The number of rotatable bonds is 9. The molecule has 0 fully saturated rings. The monoisotopic (exact) mass is 438 g/mol. The summed E-state index contributed by atoms with van der Waals surface area (Å²) < 4.78 is 5.96. The van der Waals surface area contributed by atoms with E-state index in [9.17, 15) is 9.59 Å². The van der Waals surface area contributed by atoms with E-state index in [1.165, 1.54) is 0 Å². The van der Waals surface area contributed by atoms with Crippen LogP contribution < -0.4 is 10.1 Å². The lowest BCUT2D eigenvalue weighted by Crippen LogP contribution is -2.54. The maximum Gasteiger partial charge on any atom is 0.261 e. The summed E-state index contributed by atoms with van der Waals surface area (Å²) in [6.45, 7) is 14.2. The minimum absolute atomic E-state index is 0.116. The van der Waals surface area contributed by atoms with Gasteiger partial charge in [0, 0.05) is 12.1 Å². The van der Waals surface area contributed by atoms with Crippen molar-refractivity contribution < 1.29 is 14.3 Å². The molecule has 0 aliphatic heterocycles. The van der Waals surface area contributed by atoms with Gasteiger partial charge in [-0.15, -0.1) is 0 Å². The second kappa shape index (κ2) is 11.2. The second-order valence-corrected chi connectivity index (χ2v) is 9.66. The highest BCUT2D eigenvalue weighted by molar-refractivity contribution is 5.88. The van der Waals surface area contributed by atoms with E-state index in [1.807, 2.05) is 83.1 Å². The van der Waals surface area contributed by atoms with Crippen LogP contribution in [0.1, 0.15) is 70.6 Å². The standard InChI is InChI=1S/C27H38N2O3/c1-8-23(26(31)28-27(5,6)7)29(17-21-13-11-12-20(4)16-21)25(30)18-32-24-15-10-9-14-22(24)19(2)3/h9-16,19,23H,8,17-18H2,1-7H3,(H,28,31)/t23-/m0/s1. The van der Waals surface area contributed by atoms with E-state index in [0.29, 0.717) is 18.7 Å². The van der Waals surface area contributed by atoms with Gasteiger partial charge in [-0.3, -0.25) is 9.59 Å². The van der Waals surface area contributed by atoms with Crippen LogP contribution in [0.2, 0.25) is 0 Å². The molecule has 0 bridgehead atoms. The van der Waals surface area contributed by atoms with Crippen LogP contribution >= 0.6 is 0 Å². The third kappa shape index (κ3) is 7.40. The molecule has 0 unspecified atom stereocenters. The van der Waals surface area contributed by atoms with Crippen LogP contribution in [-0.2, 0) is 16.1 Å². The zero-order chi connectivity index (χ0) is 23.9. The van der Waals surface area contributed by atoms with Gasteiger partial charge in [0.25, 0.3) is 5.91 Å². The smallest absolute Gasteiger partial charge is 0.261 e. The van der Waals surface area contributed by atoms with E-state index in [-0.39, 0.29) is 29.9 Å². The Balaban J connectivity index is 2.28. The molecule has 1 N–H and O–H groups in total. The number of hydrogen-bond acceptors (Lipinski definition) is 3. The Kier molecular flexibility index (Phi) is 8.88. The summed E-state index contributed by atoms with van der Waals surface area (Å²) in [5, 5.41) is 3.03. The van der Waals surface area contributed by atoms with Crippen molar-refractivity contribution in [3.8, 4) is 5.75 Å². The molecule has 2 aromatic carbocycles. The van der Waals surface area contributed by atoms with Crippen LogP contribution in [0.25, 0.3) is 0 Å². The molecule has 0 aromatic heterocycles. The highest BCUT2D eigenvalue weighted by Gasteiger charge is 2.31. The number of ether oxygens (including phenoxy) is 1. The topological polar surface area (TPSA) is 58.6 Å². The Hall–Kier alpha value is -2.82. The van der Waals surface area contributed by atoms with Crippen molar-refractivity contribution in [3.63, 3.8) is 0 Å². The molecular weight excluding hydrogens is 400 g/mol. The number of amides is 2. The molecule has 5 nitrogen and oxygen atoms in total. The number of carbonyl (C=O) groups excluding carboxylic acids is 2. The van der Waals surface area contributed by atoms with Crippen molar-refractivity contribution >= 4 is 11.8 Å².